The molecule has 0 spiro atoms. The molecule has 8 nitrogen and oxygen atoms in total. The van der Waals surface area contributed by atoms with Crippen molar-refractivity contribution in [3.05, 3.63) is 17.5 Å². The lowest BCUT2D eigenvalue weighted by molar-refractivity contribution is -0.139. The van der Waals surface area contributed by atoms with Crippen LogP contribution < -0.4 is 4.90 Å². The second-order valence-electron chi connectivity index (χ2n) is 7.60. The number of carboxylic acid groups (broad SMARTS) is 1. The van der Waals surface area contributed by atoms with Crippen LogP contribution in [-0.4, -0.2) is 62.3 Å². The fourth-order valence-electron chi connectivity index (χ4n) is 4.64. The number of carboxylic acids is 1. The quantitative estimate of drug-likeness (QED) is 0.881. The Morgan fingerprint density at radius 1 is 1.33 bits per heavy atom. The van der Waals surface area contributed by atoms with E-state index in [-0.39, 0.29) is 23.4 Å². The number of nitrogens with zero attached hydrogens (tertiary/aromatic N) is 5. The van der Waals surface area contributed by atoms with Crippen LogP contribution in [0.2, 0.25) is 0 Å². The molecule has 1 N–H and O–H groups in total. The van der Waals surface area contributed by atoms with E-state index in [9.17, 15) is 14.7 Å². The van der Waals surface area contributed by atoms with Crippen molar-refractivity contribution in [3.63, 3.8) is 0 Å². The molecule has 3 aliphatic heterocycles. The number of aryl methyl sites for hydroxylation is 2. The van der Waals surface area contributed by atoms with E-state index < -0.39 is 5.97 Å². The summed E-state index contributed by atoms with van der Waals surface area (Å²) in [4.78, 5) is 33.3. The Balaban J connectivity index is 1.86. The average Bonchev–Trinajstić information content (AvgIpc) is 2.79. The van der Waals surface area contributed by atoms with Gasteiger partial charge in [0.15, 0.2) is 5.65 Å². The van der Waals surface area contributed by atoms with Crippen molar-refractivity contribution in [2.75, 3.05) is 24.5 Å². The lowest BCUT2D eigenvalue weighted by Crippen LogP contribution is -2.48. The van der Waals surface area contributed by atoms with Gasteiger partial charge in [0, 0.05) is 38.9 Å². The molecular weight excluding hydrogens is 346 g/mol. The number of piperidine rings is 1. The largest absolute Gasteiger partial charge is 0.478 e. The molecule has 2 atom stereocenters. The zero-order chi connectivity index (χ0) is 19.3. The topological polar surface area (TPSA) is 91.6 Å². The summed E-state index contributed by atoms with van der Waals surface area (Å²) >= 11 is 0. The minimum absolute atomic E-state index is 0.0860. The van der Waals surface area contributed by atoms with Gasteiger partial charge in [0.25, 0.3) is 0 Å². The molecule has 2 aromatic heterocycles. The van der Waals surface area contributed by atoms with Gasteiger partial charge >= 0.3 is 5.97 Å². The van der Waals surface area contributed by atoms with Gasteiger partial charge in [0.05, 0.1) is 22.7 Å². The highest BCUT2D eigenvalue weighted by atomic mass is 16.4. The summed E-state index contributed by atoms with van der Waals surface area (Å²) in [5.41, 5.74) is 2.25. The van der Waals surface area contributed by atoms with Gasteiger partial charge in [-0.25, -0.2) is 9.78 Å². The maximum atomic E-state index is 12.9. The smallest absolute Gasteiger partial charge is 0.339 e. The van der Waals surface area contributed by atoms with Gasteiger partial charge in [-0.2, -0.15) is 5.10 Å². The minimum Gasteiger partial charge on any atom is -0.478 e. The van der Waals surface area contributed by atoms with E-state index in [4.69, 9.17) is 0 Å². The van der Waals surface area contributed by atoms with Crippen molar-refractivity contribution in [1.82, 2.24) is 19.7 Å². The maximum absolute atomic E-state index is 12.9. The molecule has 3 aliphatic rings. The third kappa shape index (κ3) is 2.74. The summed E-state index contributed by atoms with van der Waals surface area (Å²) in [7, 11) is 1.81. The predicted molar refractivity (Wildman–Crippen MR) is 101 cm³/mol. The van der Waals surface area contributed by atoms with E-state index in [1.165, 1.54) is 6.20 Å². The van der Waals surface area contributed by atoms with Gasteiger partial charge in [0.1, 0.15) is 5.56 Å². The average molecular weight is 371 g/mol. The minimum atomic E-state index is -1.00. The fourth-order valence-corrected chi connectivity index (χ4v) is 4.64. The van der Waals surface area contributed by atoms with Gasteiger partial charge < -0.3 is 14.9 Å². The van der Waals surface area contributed by atoms with Crippen LogP contribution in [-0.2, 0) is 11.8 Å². The maximum Gasteiger partial charge on any atom is 0.339 e. The number of carbonyl (C=O) groups is 2. The van der Waals surface area contributed by atoms with E-state index >= 15 is 0 Å². The third-order valence-electron chi connectivity index (χ3n) is 5.80. The highest BCUT2D eigenvalue weighted by Crippen LogP contribution is 2.37. The summed E-state index contributed by atoms with van der Waals surface area (Å²) in [5, 5.41) is 15.0. The highest BCUT2D eigenvalue weighted by molar-refractivity contribution is 6.05. The van der Waals surface area contributed by atoms with Crippen LogP contribution in [0.4, 0.5) is 5.69 Å². The molecule has 27 heavy (non-hydrogen) atoms. The van der Waals surface area contributed by atoms with Crippen LogP contribution in [0.25, 0.3) is 11.0 Å². The van der Waals surface area contributed by atoms with E-state index in [1.54, 1.807) is 4.68 Å². The molecule has 2 aromatic rings. The van der Waals surface area contributed by atoms with E-state index in [0.717, 1.165) is 36.9 Å². The molecule has 0 radical (unpaired) electrons. The normalized spacial score (nSPS) is 22.6. The molecule has 0 aliphatic carbocycles. The standard InChI is InChI=1S/C19H25N5O3/c1-4-7-24-13-6-5-12(18(24)25)9-23(10-13)16-14(19(26)27)8-20-17-15(16)11(2)21-22(17)3/h8,12-13H,4-7,9-10H2,1-3H3,(H,26,27)/t12-,13+/m0/s1. The molecule has 3 saturated heterocycles. The third-order valence-corrected chi connectivity index (χ3v) is 5.80. The Labute approximate surface area is 157 Å². The number of anilines is 1. The molecule has 0 saturated carbocycles. The van der Waals surface area contributed by atoms with Gasteiger partial charge in [-0.3, -0.25) is 9.48 Å². The first-order chi connectivity index (χ1) is 12.9. The Morgan fingerprint density at radius 2 is 2.11 bits per heavy atom. The second kappa shape index (κ2) is 6.51. The zero-order valence-corrected chi connectivity index (χ0v) is 16.0. The van der Waals surface area contributed by atoms with Gasteiger partial charge in [-0.1, -0.05) is 6.92 Å². The number of fused-ring (bicyclic) bond motifs is 5. The fraction of sp³-hybridized carbons (Fsp3) is 0.579. The Kier molecular flexibility index (Phi) is 4.28. The molecule has 0 aromatic carbocycles. The molecule has 3 fully saturated rings. The monoisotopic (exact) mass is 371 g/mol. The van der Waals surface area contributed by atoms with Crippen molar-refractivity contribution < 1.29 is 14.7 Å². The SMILES string of the molecule is CCCN1C(=O)[C@H]2CC[C@@H]1CN(c1c(C(=O)O)cnc3c1c(C)nn3C)C2. The number of carbonyl (C=O) groups excluding carboxylic acids is 1. The molecule has 2 bridgehead atoms. The van der Waals surface area contributed by atoms with Crippen molar-refractivity contribution in [2.45, 2.75) is 39.2 Å². The number of hydrogen-bond donors (Lipinski definition) is 1. The Hall–Kier alpha value is -2.64. The molecule has 5 heterocycles. The van der Waals surface area contributed by atoms with Crippen molar-refractivity contribution >= 4 is 28.6 Å². The molecule has 0 unspecified atom stereocenters. The van der Waals surface area contributed by atoms with Crippen molar-refractivity contribution in [1.29, 1.82) is 0 Å². The number of amides is 1. The Morgan fingerprint density at radius 3 is 2.81 bits per heavy atom. The second-order valence-corrected chi connectivity index (χ2v) is 7.60. The number of hydrogen-bond acceptors (Lipinski definition) is 5. The first-order valence-electron chi connectivity index (χ1n) is 9.53. The first kappa shape index (κ1) is 17.8. The van der Waals surface area contributed by atoms with Gasteiger partial charge in [-0.05, 0) is 26.2 Å². The molecule has 1 amide bonds. The van der Waals surface area contributed by atoms with Gasteiger partial charge in [-0.15, -0.1) is 0 Å². The van der Waals surface area contributed by atoms with E-state index in [2.05, 4.69) is 21.9 Å². The lowest BCUT2D eigenvalue weighted by Gasteiger charge is -2.35. The summed E-state index contributed by atoms with van der Waals surface area (Å²) in [5.74, 6) is -0.881. The predicted octanol–water partition coefficient (Wildman–Crippen LogP) is 1.81. The van der Waals surface area contributed by atoms with Crippen LogP contribution in [0.1, 0.15) is 42.2 Å². The summed E-state index contributed by atoms with van der Waals surface area (Å²) in [6, 6.07) is 0.123. The molecular formula is C19H25N5O3. The lowest BCUT2D eigenvalue weighted by atomic mass is 9.94. The summed E-state index contributed by atoms with van der Waals surface area (Å²) in [6.07, 6.45) is 4.18. The molecule has 5 rings (SSSR count). The van der Waals surface area contributed by atoms with E-state index in [0.29, 0.717) is 24.4 Å². The van der Waals surface area contributed by atoms with Crippen LogP contribution in [0.5, 0.6) is 0 Å². The van der Waals surface area contributed by atoms with Crippen LogP contribution >= 0.6 is 0 Å². The number of aromatic carboxylic acids is 1. The number of rotatable bonds is 4. The summed E-state index contributed by atoms with van der Waals surface area (Å²) < 4.78 is 1.68. The molecule has 144 valence electrons. The zero-order valence-electron chi connectivity index (χ0n) is 16.0. The van der Waals surface area contributed by atoms with Crippen molar-refractivity contribution in [2.24, 2.45) is 13.0 Å². The Bertz CT molecular complexity index is 922. The van der Waals surface area contributed by atoms with Crippen molar-refractivity contribution in [3.8, 4) is 0 Å². The van der Waals surface area contributed by atoms with Crippen LogP contribution in [0.15, 0.2) is 6.20 Å². The van der Waals surface area contributed by atoms with Crippen LogP contribution in [0.3, 0.4) is 0 Å². The van der Waals surface area contributed by atoms with Gasteiger partial charge in [0.2, 0.25) is 5.91 Å². The van der Waals surface area contributed by atoms with E-state index in [1.807, 2.05) is 18.9 Å². The van der Waals surface area contributed by atoms with Crippen LogP contribution in [0, 0.1) is 12.8 Å². The first-order valence-corrected chi connectivity index (χ1v) is 9.53. The molecule has 8 heteroatoms. The number of pyridine rings is 1. The highest BCUT2D eigenvalue weighted by Gasteiger charge is 2.41. The number of aromatic nitrogens is 3. The summed E-state index contributed by atoms with van der Waals surface area (Å²) in [6.45, 7) is 5.91.